The lowest BCUT2D eigenvalue weighted by atomic mass is 10.3. The number of halogens is 3. The van der Waals surface area contributed by atoms with E-state index in [2.05, 4.69) is 15.3 Å². The minimum absolute atomic E-state index is 0.140. The highest BCUT2D eigenvalue weighted by Crippen LogP contribution is 2.26. The average molecular weight is 333 g/mol. The Balaban J connectivity index is 2.17. The van der Waals surface area contributed by atoms with Crippen molar-refractivity contribution in [1.29, 1.82) is 0 Å². The standard InChI is InChI=1S/C13H18F3N5O2/c1-20(2)11-9(18-10(22)7-13(14,15)16)8-17-12(19-11)21-3-5-23-6-4-21/h8H,3-7H2,1-2H3,(H,18,22). The molecule has 0 aliphatic carbocycles. The second-order valence-corrected chi connectivity index (χ2v) is 5.24. The van der Waals surface area contributed by atoms with Crippen LogP contribution < -0.4 is 15.1 Å². The highest BCUT2D eigenvalue weighted by molar-refractivity contribution is 5.93. The molecule has 0 radical (unpaired) electrons. The smallest absolute Gasteiger partial charge is 0.378 e. The number of aromatic nitrogens is 2. The molecule has 10 heteroatoms. The minimum atomic E-state index is -4.56. The van der Waals surface area contributed by atoms with Crippen molar-refractivity contribution in [2.75, 3.05) is 55.5 Å². The fourth-order valence-corrected chi connectivity index (χ4v) is 2.09. The van der Waals surface area contributed by atoms with E-state index in [9.17, 15) is 18.0 Å². The van der Waals surface area contributed by atoms with Crippen molar-refractivity contribution in [3.8, 4) is 0 Å². The molecule has 1 aliphatic heterocycles. The van der Waals surface area contributed by atoms with Gasteiger partial charge >= 0.3 is 6.18 Å². The highest BCUT2D eigenvalue weighted by atomic mass is 19.4. The Morgan fingerprint density at radius 3 is 2.61 bits per heavy atom. The topological polar surface area (TPSA) is 70.6 Å². The third-order valence-corrected chi connectivity index (χ3v) is 3.11. The van der Waals surface area contributed by atoms with Gasteiger partial charge in [0.05, 0.1) is 19.4 Å². The molecule has 2 rings (SSSR count). The Morgan fingerprint density at radius 2 is 2.04 bits per heavy atom. The van der Waals surface area contributed by atoms with E-state index in [4.69, 9.17) is 4.74 Å². The minimum Gasteiger partial charge on any atom is -0.378 e. The number of ether oxygens (including phenoxy) is 1. The van der Waals surface area contributed by atoms with Gasteiger partial charge in [0.2, 0.25) is 11.9 Å². The van der Waals surface area contributed by atoms with Crippen molar-refractivity contribution in [2.24, 2.45) is 0 Å². The maximum Gasteiger partial charge on any atom is 0.397 e. The maximum atomic E-state index is 12.3. The van der Waals surface area contributed by atoms with Gasteiger partial charge in [0.1, 0.15) is 12.1 Å². The number of nitrogens with one attached hydrogen (secondary N) is 1. The van der Waals surface area contributed by atoms with Gasteiger partial charge in [0.15, 0.2) is 5.82 Å². The molecule has 1 aliphatic rings. The molecule has 0 saturated carbocycles. The van der Waals surface area contributed by atoms with Crippen LogP contribution in [0, 0.1) is 0 Å². The summed E-state index contributed by atoms with van der Waals surface area (Å²) in [6.45, 7) is 2.38. The fourth-order valence-electron chi connectivity index (χ4n) is 2.09. The molecule has 1 saturated heterocycles. The molecule has 0 bridgehead atoms. The van der Waals surface area contributed by atoms with Crippen LogP contribution in [0.3, 0.4) is 0 Å². The summed E-state index contributed by atoms with van der Waals surface area (Å²) in [6, 6.07) is 0. The Bertz CT molecular complexity index is 559. The number of rotatable bonds is 4. The predicted molar refractivity (Wildman–Crippen MR) is 78.7 cm³/mol. The van der Waals surface area contributed by atoms with E-state index in [0.29, 0.717) is 38.1 Å². The van der Waals surface area contributed by atoms with Crippen LogP contribution >= 0.6 is 0 Å². The summed E-state index contributed by atoms with van der Waals surface area (Å²) in [5.41, 5.74) is 0.140. The zero-order valence-electron chi connectivity index (χ0n) is 12.9. The first-order valence-corrected chi connectivity index (χ1v) is 7.00. The third kappa shape index (κ3) is 4.95. The summed E-state index contributed by atoms with van der Waals surface area (Å²) in [4.78, 5) is 23.4. The number of morpholine rings is 1. The summed E-state index contributed by atoms with van der Waals surface area (Å²) >= 11 is 0. The van der Waals surface area contributed by atoms with Gasteiger partial charge in [-0.25, -0.2) is 4.98 Å². The van der Waals surface area contributed by atoms with Crippen LogP contribution in [0.4, 0.5) is 30.6 Å². The first-order chi connectivity index (χ1) is 10.8. The Hall–Kier alpha value is -2.10. The molecule has 0 atom stereocenters. The molecule has 23 heavy (non-hydrogen) atoms. The molecule has 0 spiro atoms. The molecule has 0 aromatic carbocycles. The van der Waals surface area contributed by atoms with Crippen LogP contribution in [-0.2, 0) is 9.53 Å². The van der Waals surface area contributed by atoms with Crippen molar-refractivity contribution >= 4 is 23.4 Å². The molecule has 7 nitrogen and oxygen atoms in total. The van der Waals surface area contributed by atoms with Gasteiger partial charge in [-0.05, 0) is 0 Å². The van der Waals surface area contributed by atoms with E-state index in [1.165, 1.54) is 6.20 Å². The van der Waals surface area contributed by atoms with Crippen LogP contribution in [0.25, 0.3) is 0 Å². The van der Waals surface area contributed by atoms with Crippen LogP contribution in [0.15, 0.2) is 6.20 Å². The highest BCUT2D eigenvalue weighted by Gasteiger charge is 2.31. The number of alkyl halides is 3. The number of hydrogen-bond donors (Lipinski definition) is 1. The Labute approximate surface area is 131 Å². The van der Waals surface area contributed by atoms with Gasteiger partial charge < -0.3 is 19.9 Å². The SMILES string of the molecule is CN(C)c1nc(N2CCOCC2)ncc1NC(=O)CC(F)(F)F. The number of anilines is 3. The normalized spacial score (nSPS) is 15.4. The van der Waals surface area contributed by atoms with Gasteiger partial charge in [-0.1, -0.05) is 0 Å². The van der Waals surface area contributed by atoms with Crippen molar-refractivity contribution in [3.63, 3.8) is 0 Å². The number of hydrogen-bond acceptors (Lipinski definition) is 6. The van der Waals surface area contributed by atoms with Gasteiger partial charge in [-0.2, -0.15) is 18.2 Å². The van der Waals surface area contributed by atoms with Crippen LogP contribution in [0.2, 0.25) is 0 Å². The second kappa shape index (κ2) is 6.99. The van der Waals surface area contributed by atoms with Gasteiger partial charge in [-0.15, -0.1) is 0 Å². The molecular formula is C13H18F3N5O2. The van der Waals surface area contributed by atoms with Crippen molar-refractivity contribution in [3.05, 3.63) is 6.20 Å². The predicted octanol–water partition coefficient (Wildman–Crippen LogP) is 1.27. The molecule has 1 aromatic heterocycles. The van der Waals surface area contributed by atoms with Gasteiger partial charge in [0, 0.05) is 27.2 Å². The molecule has 128 valence electrons. The van der Waals surface area contributed by atoms with Gasteiger partial charge in [-0.3, -0.25) is 4.79 Å². The van der Waals surface area contributed by atoms with Crippen molar-refractivity contribution in [2.45, 2.75) is 12.6 Å². The summed E-state index contributed by atoms with van der Waals surface area (Å²) in [5, 5.41) is 2.21. The molecule has 0 unspecified atom stereocenters. The van der Waals surface area contributed by atoms with E-state index < -0.39 is 18.5 Å². The van der Waals surface area contributed by atoms with Crippen LogP contribution in [0.1, 0.15) is 6.42 Å². The van der Waals surface area contributed by atoms with E-state index >= 15 is 0 Å². The zero-order chi connectivity index (χ0) is 17.0. The largest absolute Gasteiger partial charge is 0.397 e. The molecule has 1 fully saturated rings. The van der Waals surface area contributed by atoms with Crippen LogP contribution in [0.5, 0.6) is 0 Å². The summed E-state index contributed by atoms with van der Waals surface area (Å²) in [7, 11) is 3.37. The van der Waals surface area contributed by atoms with E-state index in [1.54, 1.807) is 19.0 Å². The summed E-state index contributed by atoms with van der Waals surface area (Å²) in [5.74, 6) is -0.355. The molecule has 1 N–H and O–H groups in total. The number of nitrogens with zero attached hydrogens (tertiary/aromatic N) is 4. The zero-order valence-corrected chi connectivity index (χ0v) is 12.9. The first kappa shape index (κ1) is 17.3. The second-order valence-electron chi connectivity index (χ2n) is 5.24. The van der Waals surface area contributed by atoms with Crippen molar-refractivity contribution in [1.82, 2.24) is 9.97 Å². The lowest BCUT2D eigenvalue weighted by molar-refractivity contribution is -0.150. The quantitative estimate of drug-likeness (QED) is 0.895. The van der Waals surface area contributed by atoms with E-state index in [1.807, 2.05) is 4.90 Å². The number of carbonyl (C=O) groups excluding carboxylic acids is 1. The van der Waals surface area contributed by atoms with E-state index in [0.717, 1.165) is 0 Å². The lowest BCUT2D eigenvalue weighted by Gasteiger charge is -2.28. The van der Waals surface area contributed by atoms with Gasteiger partial charge in [0.25, 0.3) is 0 Å². The first-order valence-electron chi connectivity index (χ1n) is 7.00. The van der Waals surface area contributed by atoms with Crippen LogP contribution in [-0.4, -0.2) is 62.5 Å². The molecular weight excluding hydrogens is 315 g/mol. The monoisotopic (exact) mass is 333 g/mol. The lowest BCUT2D eigenvalue weighted by Crippen LogP contribution is -2.37. The number of amides is 1. The maximum absolute atomic E-state index is 12.3. The van der Waals surface area contributed by atoms with E-state index in [-0.39, 0.29) is 5.69 Å². The Morgan fingerprint density at radius 1 is 1.39 bits per heavy atom. The fraction of sp³-hybridized carbons (Fsp3) is 0.615. The molecule has 2 heterocycles. The summed E-state index contributed by atoms with van der Waals surface area (Å²) < 4.78 is 42.0. The average Bonchev–Trinajstić information content (AvgIpc) is 2.46. The Kier molecular flexibility index (Phi) is 5.24. The molecule has 1 aromatic rings. The third-order valence-electron chi connectivity index (χ3n) is 3.11. The van der Waals surface area contributed by atoms with Crippen molar-refractivity contribution < 1.29 is 22.7 Å². The summed E-state index contributed by atoms with van der Waals surface area (Å²) in [6.07, 6.45) is -4.79. The number of carbonyl (C=O) groups is 1. The molecule has 1 amide bonds.